The van der Waals surface area contributed by atoms with Gasteiger partial charge in [-0.15, -0.1) is 0 Å². The fourth-order valence-corrected chi connectivity index (χ4v) is 1.77. The molecule has 5 heteroatoms. The van der Waals surface area contributed by atoms with Crippen LogP contribution in [0.3, 0.4) is 0 Å². The zero-order chi connectivity index (χ0) is 13.7. The van der Waals surface area contributed by atoms with Gasteiger partial charge in [0.25, 0.3) is 5.91 Å². The Kier molecular flexibility index (Phi) is 4.30. The number of nitrogens with zero attached hydrogens (tertiary/aromatic N) is 2. The van der Waals surface area contributed by atoms with Gasteiger partial charge in [0.15, 0.2) is 0 Å². The maximum Gasteiger partial charge on any atom is 0.254 e. The van der Waals surface area contributed by atoms with Gasteiger partial charge in [0.2, 0.25) is 0 Å². The summed E-state index contributed by atoms with van der Waals surface area (Å²) < 4.78 is 1.60. The van der Waals surface area contributed by atoms with E-state index in [4.69, 9.17) is 5.11 Å². The molecule has 0 atom stereocenters. The van der Waals surface area contributed by atoms with E-state index >= 15 is 0 Å². The molecular formula is C14H17N3O2. The Morgan fingerprint density at radius 1 is 1.32 bits per heavy atom. The number of rotatable bonds is 5. The van der Waals surface area contributed by atoms with Crippen LogP contribution in [-0.4, -0.2) is 27.3 Å². The molecule has 1 amide bonds. The second kappa shape index (κ2) is 6.15. The van der Waals surface area contributed by atoms with Crippen LogP contribution in [0.4, 0.5) is 0 Å². The Hall–Kier alpha value is -2.14. The molecular weight excluding hydrogens is 242 g/mol. The molecule has 2 N–H and O–H groups in total. The number of aryl methyl sites for hydroxylation is 1. The Morgan fingerprint density at radius 2 is 2.00 bits per heavy atom. The molecule has 19 heavy (non-hydrogen) atoms. The summed E-state index contributed by atoms with van der Waals surface area (Å²) in [5.74, 6) is -0.111. The largest absolute Gasteiger partial charge is 0.392 e. The van der Waals surface area contributed by atoms with E-state index < -0.39 is 0 Å². The van der Waals surface area contributed by atoms with E-state index in [1.807, 2.05) is 24.3 Å². The molecule has 1 aromatic carbocycles. The van der Waals surface area contributed by atoms with E-state index in [0.717, 1.165) is 17.5 Å². The lowest BCUT2D eigenvalue weighted by Crippen LogP contribution is -2.25. The van der Waals surface area contributed by atoms with Gasteiger partial charge in [0.1, 0.15) is 0 Å². The lowest BCUT2D eigenvalue weighted by Gasteiger charge is -2.04. The summed E-state index contributed by atoms with van der Waals surface area (Å²) in [6.45, 7) is 0.629. The van der Waals surface area contributed by atoms with Crippen LogP contribution >= 0.6 is 0 Å². The van der Waals surface area contributed by atoms with Gasteiger partial charge in [0, 0.05) is 19.8 Å². The molecule has 1 heterocycles. The van der Waals surface area contributed by atoms with Crippen molar-refractivity contribution in [3.63, 3.8) is 0 Å². The number of aromatic nitrogens is 2. The minimum atomic E-state index is -0.111. The van der Waals surface area contributed by atoms with Crippen LogP contribution in [0.2, 0.25) is 0 Å². The van der Waals surface area contributed by atoms with Crippen LogP contribution in [0.15, 0.2) is 36.7 Å². The summed E-state index contributed by atoms with van der Waals surface area (Å²) in [5.41, 5.74) is 2.59. The highest BCUT2D eigenvalue weighted by Crippen LogP contribution is 2.04. The summed E-state index contributed by atoms with van der Waals surface area (Å²) in [6, 6.07) is 7.69. The summed E-state index contributed by atoms with van der Waals surface area (Å²) in [7, 11) is 1.78. The normalized spacial score (nSPS) is 10.4. The Morgan fingerprint density at radius 3 is 2.58 bits per heavy atom. The molecule has 2 rings (SSSR count). The first-order valence-electron chi connectivity index (χ1n) is 6.14. The molecule has 0 aliphatic rings. The summed E-state index contributed by atoms with van der Waals surface area (Å²) in [5, 5.41) is 15.7. The SMILES string of the molecule is Cn1cc(C(=O)NCCc2ccc(CO)cc2)cn1. The van der Waals surface area contributed by atoms with Crippen molar-refractivity contribution in [3.8, 4) is 0 Å². The minimum Gasteiger partial charge on any atom is -0.392 e. The number of hydrogen-bond acceptors (Lipinski definition) is 3. The number of carbonyl (C=O) groups is 1. The molecule has 0 fully saturated rings. The zero-order valence-electron chi connectivity index (χ0n) is 10.8. The Bertz CT molecular complexity index is 546. The third kappa shape index (κ3) is 3.66. The average Bonchev–Trinajstić information content (AvgIpc) is 2.86. The van der Waals surface area contributed by atoms with Crippen LogP contribution in [0.5, 0.6) is 0 Å². The van der Waals surface area contributed by atoms with Crippen molar-refractivity contribution in [1.29, 1.82) is 0 Å². The van der Waals surface area contributed by atoms with E-state index in [0.29, 0.717) is 12.1 Å². The van der Waals surface area contributed by atoms with Crippen molar-refractivity contribution in [2.45, 2.75) is 13.0 Å². The monoisotopic (exact) mass is 259 g/mol. The van der Waals surface area contributed by atoms with Gasteiger partial charge in [-0.2, -0.15) is 5.10 Å². The van der Waals surface area contributed by atoms with Crippen molar-refractivity contribution < 1.29 is 9.90 Å². The van der Waals surface area contributed by atoms with Crippen molar-refractivity contribution in [3.05, 3.63) is 53.3 Å². The zero-order valence-corrected chi connectivity index (χ0v) is 10.8. The van der Waals surface area contributed by atoms with E-state index in [1.54, 1.807) is 24.1 Å². The number of carbonyl (C=O) groups excluding carboxylic acids is 1. The number of amides is 1. The first-order chi connectivity index (χ1) is 9.19. The van der Waals surface area contributed by atoms with Gasteiger partial charge < -0.3 is 10.4 Å². The summed E-state index contributed by atoms with van der Waals surface area (Å²) >= 11 is 0. The van der Waals surface area contributed by atoms with Gasteiger partial charge >= 0.3 is 0 Å². The Labute approximate surface area is 111 Å². The highest BCUT2D eigenvalue weighted by atomic mass is 16.3. The second-order valence-corrected chi connectivity index (χ2v) is 4.38. The fraction of sp³-hybridized carbons (Fsp3) is 0.286. The summed E-state index contributed by atoms with van der Waals surface area (Å²) in [6.07, 6.45) is 3.99. The van der Waals surface area contributed by atoms with Gasteiger partial charge in [-0.3, -0.25) is 9.48 Å². The third-order valence-corrected chi connectivity index (χ3v) is 2.87. The van der Waals surface area contributed by atoms with Crippen molar-refractivity contribution in [2.24, 2.45) is 7.05 Å². The van der Waals surface area contributed by atoms with Crippen molar-refractivity contribution in [2.75, 3.05) is 6.54 Å². The molecule has 0 bridgehead atoms. The molecule has 0 unspecified atom stereocenters. The van der Waals surface area contributed by atoms with Crippen molar-refractivity contribution in [1.82, 2.24) is 15.1 Å². The van der Waals surface area contributed by atoms with Gasteiger partial charge in [0.05, 0.1) is 18.4 Å². The van der Waals surface area contributed by atoms with E-state index in [2.05, 4.69) is 10.4 Å². The number of hydrogen-bond donors (Lipinski definition) is 2. The highest BCUT2D eigenvalue weighted by Gasteiger charge is 2.06. The van der Waals surface area contributed by atoms with Crippen LogP contribution < -0.4 is 5.32 Å². The lowest BCUT2D eigenvalue weighted by molar-refractivity contribution is 0.0954. The number of aliphatic hydroxyl groups is 1. The topological polar surface area (TPSA) is 67.2 Å². The van der Waals surface area contributed by atoms with Gasteiger partial charge in [-0.1, -0.05) is 24.3 Å². The standard InChI is InChI=1S/C14H17N3O2/c1-17-9-13(8-16-17)14(19)15-7-6-11-2-4-12(10-18)5-3-11/h2-5,8-9,18H,6-7,10H2,1H3,(H,15,19). The number of benzene rings is 1. The lowest BCUT2D eigenvalue weighted by atomic mass is 10.1. The molecule has 0 saturated heterocycles. The second-order valence-electron chi connectivity index (χ2n) is 4.38. The highest BCUT2D eigenvalue weighted by molar-refractivity contribution is 5.93. The molecule has 100 valence electrons. The summed E-state index contributed by atoms with van der Waals surface area (Å²) in [4.78, 5) is 11.8. The van der Waals surface area contributed by atoms with Crippen LogP contribution in [-0.2, 0) is 20.1 Å². The molecule has 5 nitrogen and oxygen atoms in total. The van der Waals surface area contributed by atoms with Crippen molar-refractivity contribution >= 4 is 5.91 Å². The van der Waals surface area contributed by atoms with E-state index in [9.17, 15) is 4.79 Å². The molecule has 0 saturated carbocycles. The predicted octanol–water partition coefficient (Wildman–Crippen LogP) is 0.885. The maximum atomic E-state index is 11.8. The average molecular weight is 259 g/mol. The van der Waals surface area contributed by atoms with Crippen LogP contribution in [0.1, 0.15) is 21.5 Å². The first kappa shape index (κ1) is 13.3. The third-order valence-electron chi connectivity index (χ3n) is 2.87. The van der Waals surface area contributed by atoms with Crippen LogP contribution in [0, 0.1) is 0 Å². The van der Waals surface area contributed by atoms with E-state index in [1.165, 1.54) is 0 Å². The number of nitrogens with one attached hydrogen (secondary N) is 1. The minimum absolute atomic E-state index is 0.0536. The molecule has 1 aromatic heterocycles. The molecule has 0 radical (unpaired) electrons. The fourth-order valence-electron chi connectivity index (χ4n) is 1.77. The van der Waals surface area contributed by atoms with E-state index in [-0.39, 0.29) is 12.5 Å². The van der Waals surface area contributed by atoms with Gasteiger partial charge in [-0.25, -0.2) is 0 Å². The molecule has 0 aliphatic carbocycles. The molecule has 0 spiro atoms. The Balaban J connectivity index is 1.81. The first-order valence-corrected chi connectivity index (χ1v) is 6.14. The predicted molar refractivity (Wildman–Crippen MR) is 71.6 cm³/mol. The number of aliphatic hydroxyl groups excluding tert-OH is 1. The van der Waals surface area contributed by atoms with Crippen LogP contribution in [0.25, 0.3) is 0 Å². The van der Waals surface area contributed by atoms with Gasteiger partial charge in [-0.05, 0) is 17.5 Å². The maximum absolute atomic E-state index is 11.8. The smallest absolute Gasteiger partial charge is 0.254 e. The quantitative estimate of drug-likeness (QED) is 0.837. The molecule has 0 aliphatic heterocycles. The molecule has 2 aromatic rings.